The van der Waals surface area contributed by atoms with Crippen molar-refractivity contribution in [3.8, 4) is 6.07 Å². The van der Waals surface area contributed by atoms with E-state index in [2.05, 4.69) is 24.5 Å². The van der Waals surface area contributed by atoms with Crippen molar-refractivity contribution in [2.75, 3.05) is 13.7 Å². The van der Waals surface area contributed by atoms with Crippen molar-refractivity contribution in [3.63, 3.8) is 0 Å². The molecule has 0 unspecified atom stereocenters. The van der Waals surface area contributed by atoms with Crippen LogP contribution in [-0.4, -0.2) is 25.7 Å². The molecule has 0 aliphatic heterocycles. The summed E-state index contributed by atoms with van der Waals surface area (Å²) < 4.78 is 8.97. The molecule has 5 nitrogen and oxygen atoms in total. The molecule has 0 heterocycles. The van der Waals surface area contributed by atoms with Crippen molar-refractivity contribution in [1.82, 2.24) is 0 Å². The molecular weight excluding hydrogens is 258 g/mol. The molecule has 5 heteroatoms. The average molecular weight is 281 g/mol. The largest absolute Gasteiger partial charge is 0.466 e. The van der Waals surface area contributed by atoms with Gasteiger partial charge in [0, 0.05) is 17.7 Å². The fraction of sp³-hybridized carbons (Fsp3) is 0.400. The molecule has 0 rings (SSSR count). The SMILES string of the molecule is C=C(C)C(=O)OC.C=CC#N.C=CC(=O)OCC(C)C. The summed E-state index contributed by atoms with van der Waals surface area (Å²) in [4.78, 5) is 20.6. The molecule has 0 aromatic heterocycles. The van der Waals surface area contributed by atoms with Gasteiger partial charge in [-0.3, -0.25) is 0 Å². The third kappa shape index (κ3) is 24.7. The van der Waals surface area contributed by atoms with E-state index in [0.29, 0.717) is 18.1 Å². The number of ether oxygens (including phenoxy) is 2. The Labute approximate surface area is 121 Å². The van der Waals surface area contributed by atoms with Crippen molar-refractivity contribution < 1.29 is 19.1 Å². The van der Waals surface area contributed by atoms with E-state index < -0.39 is 0 Å². The van der Waals surface area contributed by atoms with Gasteiger partial charge in [0.2, 0.25) is 0 Å². The normalized spacial score (nSPS) is 7.60. The summed E-state index contributed by atoms with van der Waals surface area (Å²) in [6.45, 7) is 15.8. The van der Waals surface area contributed by atoms with Crippen LogP contribution in [0, 0.1) is 17.2 Å². The van der Waals surface area contributed by atoms with Crippen molar-refractivity contribution in [2.24, 2.45) is 5.92 Å². The third-order valence-corrected chi connectivity index (χ3v) is 1.35. The maximum atomic E-state index is 10.4. The van der Waals surface area contributed by atoms with Crippen LogP contribution in [0.2, 0.25) is 0 Å². The van der Waals surface area contributed by atoms with E-state index in [1.54, 1.807) is 13.0 Å². The van der Waals surface area contributed by atoms with Gasteiger partial charge in [-0.15, -0.1) is 0 Å². The number of nitriles is 1. The lowest BCUT2D eigenvalue weighted by Gasteiger charge is -2.02. The number of hydrogen-bond acceptors (Lipinski definition) is 5. The lowest BCUT2D eigenvalue weighted by atomic mass is 10.2. The van der Waals surface area contributed by atoms with E-state index in [1.807, 2.05) is 13.8 Å². The predicted octanol–water partition coefficient (Wildman–Crippen LogP) is 2.80. The van der Waals surface area contributed by atoms with Crippen molar-refractivity contribution in [1.29, 1.82) is 5.26 Å². The molecule has 0 aromatic carbocycles. The quantitative estimate of drug-likeness (QED) is 0.450. The van der Waals surface area contributed by atoms with Gasteiger partial charge in [-0.1, -0.05) is 33.6 Å². The lowest BCUT2D eigenvalue weighted by molar-refractivity contribution is -0.139. The van der Waals surface area contributed by atoms with Gasteiger partial charge in [-0.05, 0) is 12.8 Å². The highest BCUT2D eigenvalue weighted by Crippen LogP contribution is 1.92. The van der Waals surface area contributed by atoms with Crippen molar-refractivity contribution in [2.45, 2.75) is 20.8 Å². The second-order valence-electron chi connectivity index (χ2n) is 3.83. The van der Waals surface area contributed by atoms with Gasteiger partial charge in [-0.25, -0.2) is 9.59 Å². The first-order chi connectivity index (χ1) is 9.26. The van der Waals surface area contributed by atoms with Crippen LogP contribution in [0.15, 0.2) is 37.5 Å². The summed E-state index contributed by atoms with van der Waals surface area (Å²) in [5.41, 5.74) is 0.433. The molecule has 0 bridgehead atoms. The maximum absolute atomic E-state index is 10.4. The van der Waals surface area contributed by atoms with Crippen LogP contribution in [0.5, 0.6) is 0 Å². The minimum absolute atomic E-state index is 0.344. The van der Waals surface area contributed by atoms with Crippen molar-refractivity contribution >= 4 is 11.9 Å². The number of nitrogens with zero attached hydrogens (tertiary/aromatic N) is 1. The van der Waals surface area contributed by atoms with E-state index >= 15 is 0 Å². The summed E-state index contributed by atoms with van der Waals surface area (Å²) in [5.74, 6) is -0.294. The van der Waals surface area contributed by atoms with Gasteiger partial charge in [0.05, 0.1) is 19.8 Å². The molecule has 0 radical (unpaired) electrons. The first kappa shape index (κ1) is 22.8. The molecule has 0 aromatic rings. The van der Waals surface area contributed by atoms with Crippen molar-refractivity contribution in [3.05, 3.63) is 37.5 Å². The Hall–Kier alpha value is -2.35. The number of carbonyl (C=O) groups is 2. The first-order valence-electron chi connectivity index (χ1n) is 5.80. The monoisotopic (exact) mass is 281 g/mol. The van der Waals surface area contributed by atoms with Crippen LogP contribution in [0.1, 0.15) is 20.8 Å². The zero-order chi connectivity index (χ0) is 16.6. The van der Waals surface area contributed by atoms with Crippen LogP contribution >= 0.6 is 0 Å². The number of methoxy groups -OCH3 is 1. The molecule has 0 amide bonds. The molecule has 0 atom stereocenters. The van der Waals surface area contributed by atoms with Crippen LogP contribution in [0.3, 0.4) is 0 Å². The van der Waals surface area contributed by atoms with E-state index in [0.717, 1.165) is 0 Å². The van der Waals surface area contributed by atoms with Crippen LogP contribution in [-0.2, 0) is 19.1 Å². The standard InChI is InChI=1S/C7H12O2.C5H8O2.C3H3N/c1-4-7(8)9-5-6(2)3;1-4(2)5(6)7-3;1-2-3-4/h4,6H,1,5H2,2-3H3;1H2,2-3H3;2H,1H2. The fourth-order valence-corrected chi connectivity index (χ4v) is 0.482. The van der Waals surface area contributed by atoms with E-state index in [-0.39, 0.29) is 11.9 Å². The maximum Gasteiger partial charge on any atom is 0.332 e. The molecule has 0 fully saturated rings. The van der Waals surface area contributed by atoms with Gasteiger partial charge in [-0.2, -0.15) is 5.26 Å². The average Bonchev–Trinajstić information content (AvgIpc) is 2.44. The Morgan fingerprint density at radius 3 is 1.95 bits per heavy atom. The van der Waals surface area contributed by atoms with E-state index in [4.69, 9.17) is 10.00 Å². The van der Waals surface area contributed by atoms with Crippen LogP contribution in [0.25, 0.3) is 0 Å². The Bertz CT molecular complexity index is 365. The second kappa shape index (κ2) is 16.6. The van der Waals surface area contributed by atoms with Crippen LogP contribution < -0.4 is 0 Å². The summed E-state index contributed by atoms with van der Waals surface area (Å²) in [6, 6.07) is 1.69. The smallest absolute Gasteiger partial charge is 0.332 e. The number of allylic oxidation sites excluding steroid dienone is 1. The molecule has 0 saturated carbocycles. The topological polar surface area (TPSA) is 76.4 Å². The Morgan fingerprint density at radius 2 is 1.80 bits per heavy atom. The molecule has 0 saturated heterocycles. The highest BCUT2D eigenvalue weighted by atomic mass is 16.5. The lowest BCUT2D eigenvalue weighted by Crippen LogP contribution is -2.06. The summed E-state index contributed by atoms with van der Waals surface area (Å²) in [5, 5.41) is 7.51. The Morgan fingerprint density at radius 1 is 1.35 bits per heavy atom. The number of carbonyl (C=O) groups excluding carboxylic acids is 2. The van der Waals surface area contributed by atoms with Crippen LogP contribution in [0.4, 0.5) is 0 Å². The zero-order valence-corrected chi connectivity index (χ0v) is 12.6. The van der Waals surface area contributed by atoms with Gasteiger partial charge in [0.25, 0.3) is 0 Å². The van der Waals surface area contributed by atoms with E-state index in [9.17, 15) is 9.59 Å². The summed E-state index contributed by atoms with van der Waals surface area (Å²) in [6.07, 6.45) is 2.35. The first-order valence-corrected chi connectivity index (χ1v) is 5.80. The van der Waals surface area contributed by atoms with Gasteiger partial charge in [0.15, 0.2) is 0 Å². The summed E-state index contributed by atoms with van der Waals surface area (Å²) in [7, 11) is 1.33. The molecule has 0 aliphatic rings. The second-order valence-corrected chi connectivity index (χ2v) is 3.83. The minimum atomic E-state index is -0.347. The number of hydrogen-bond donors (Lipinski definition) is 0. The molecule has 0 N–H and O–H groups in total. The molecule has 20 heavy (non-hydrogen) atoms. The Kier molecular flexibility index (Phi) is 19.0. The van der Waals surface area contributed by atoms with Gasteiger partial charge in [0.1, 0.15) is 0 Å². The predicted molar refractivity (Wildman–Crippen MR) is 78.6 cm³/mol. The fourth-order valence-electron chi connectivity index (χ4n) is 0.482. The Balaban J connectivity index is -0.000000234. The van der Waals surface area contributed by atoms with Gasteiger partial charge >= 0.3 is 11.9 Å². The minimum Gasteiger partial charge on any atom is -0.466 e. The zero-order valence-electron chi connectivity index (χ0n) is 12.6. The molecule has 0 aliphatic carbocycles. The summed E-state index contributed by atoms with van der Waals surface area (Å²) >= 11 is 0. The number of esters is 2. The highest BCUT2D eigenvalue weighted by Gasteiger charge is 1.96. The molecular formula is C15H23NO4. The van der Waals surface area contributed by atoms with Gasteiger partial charge < -0.3 is 9.47 Å². The number of rotatable bonds is 4. The highest BCUT2D eigenvalue weighted by molar-refractivity contribution is 5.86. The molecule has 0 spiro atoms. The third-order valence-electron chi connectivity index (χ3n) is 1.35. The molecule has 112 valence electrons. The van der Waals surface area contributed by atoms with E-state index in [1.165, 1.54) is 19.3 Å².